The minimum atomic E-state index is -2.37. The second-order valence-electron chi connectivity index (χ2n) is 9.87. The summed E-state index contributed by atoms with van der Waals surface area (Å²) < 4.78 is 12.8. The zero-order valence-electron chi connectivity index (χ0n) is 20.3. The average Bonchev–Trinajstić information content (AvgIpc) is 3.21. The molecular formula is C26H27N3O6Si. The van der Waals surface area contributed by atoms with E-state index in [-0.39, 0.29) is 36.4 Å². The van der Waals surface area contributed by atoms with E-state index >= 15 is 0 Å². The van der Waals surface area contributed by atoms with Gasteiger partial charge in [-0.05, 0) is 36.8 Å². The van der Waals surface area contributed by atoms with Gasteiger partial charge in [0.25, 0.3) is 5.56 Å². The van der Waals surface area contributed by atoms with Crippen LogP contribution in [0.25, 0.3) is 22.3 Å². The molecule has 0 spiro atoms. The predicted molar refractivity (Wildman–Crippen MR) is 136 cm³/mol. The summed E-state index contributed by atoms with van der Waals surface area (Å²) in [5.74, 6) is -1.35. The van der Waals surface area contributed by atoms with E-state index in [1.165, 1.54) is 0 Å². The molecule has 2 aliphatic rings. The van der Waals surface area contributed by atoms with E-state index in [2.05, 4.69) is 6.58 Å². The number of aromatic hydroxyl groups is 1. The van der Waals surface area contributed by atoms with Gasteiger partial charge in [-0.3, -0.25) is 9.59 Å². The summed E-state index contributed by atoms with van der Waals surface area (Å²) in [5.41, 5.74) is 7.98. The molecule has 186 valence electrons. The quantitative estimate of drug-likeness (QED) is 0.312. The molecule has 0 fully saturated rings. The monoisotopic (exact) mass is 505 g/mol. The van der Waals surface area contributed by atoms with Gasteiger partial charge in [-0.2, -0.15) is 0 Å². The zero-order valence-corrected chi connectivity index (χ0v) is 21.3. The molecule has 0 radical (unpaired) electrons. The number of hydrogen-bond donors (Lipinski definition) is 2. The first-order valence-corrected chi connectivity index (χ1v) is 14.9. The molecule has 0 saturated heterocycles. The summed E-state index contributed by atoms with van der Waals surface area (Å²) in [5, 5.41) is 10.6. The van der Waals surface area contributed by atoms with Crippen LogP contribution >= 0.6 is 0 Å². The molecule has 0 aliphatic carbocycles. The summed E-state index contributed by atoms with van der Waals surface area (Å²) in [6, 6.07) is 8.46. The highest BCUT2D eigenvalue weighted by Crippen LogP contribution is 2.41. The van der Waals surface area contributed by atoms with Gasteiger partial charge in [0.15, 0.2) is 0 Å². The maximum Gasteiger partial charge on any atom is 0.355 e. The predicted octanol–water partition coefficient (Wildman–Crippen LogP) is 2.64. The lowest BCUT2D eigenvalue weighted by Crippen LogP contribution is -2.56. The largest absolute Gasteiger partial charge is 0.508 e. The maximum absolute atomic E-state index is 13.6. The van der Waals surface area contributed by atoms with Crippen LogP contribution < -0.4 is 11.3 Å². The van der Waals surface area contributed by atoms with Crippen LogP contribution in [0.5, 0.6) is 5.75 Å². The molecule has 2 aromatic heterocycles. The summed E-state index contributed by atoms with van der Waals surface area (Å²) >= 11 is 0. The van der Waals surface area contributed by atoms with Gasteiger partial charge in [0.2, 0.25) is 5.60 Å². The van der Waals surface area contributed by atoms with Crippen molar-refractivity contribution in [2.24, 2.45) is 5.73 Å². The minimum absolute atomic E-state index is 0.0630. The van der Waals surface area contributed by atoms with Crippen molar-refractivity contribution in [1.29, 1.82) is 0 Å². The first kappa shape index (κ1) is 24.0. The Hall–Kier alpha value is -3.76. The van der Waals surface area contributed by atoms with Crippen molar-refractivity contribution in [2.45, 2.75) is 50.9 Å². The third kappa shape index (κ3) is 3.40. The van der Waals surface area contributed by atoms with Crippen LogP contribution in [0.4, 0.5) is 0 Å². The molecule has 36 heavy (non-hydrogen) atoms. The number of carbonyl (C=O) groups is 2. The number of benzene rings is 1. The summed E-state index contributed by atoms with van der Waals surface area (Å²) in [4.78, 5) is 44.6. The van der Waals surface area contributed by atoms with Gasteiger partial charge in [0, 0.05) is 16.5 Å². The van der Waals surface area contributed by atoms with Crippen molar-refractivity contribution in [3.8, 4) is 17.1 Å². The summed E-state index contributed by atoms with van der Waals surface area (Å²) in [6.45, 7) is 9.31. The number of phenols is 1. The highest BCUT2D eigenvalue weighted by molar-refractivity contribution is 6.86. The van der Waals surface area contributed by atoms with Crippen LogP contribution in [0.2, 0.25) is 13.1 Å². The number of rotatable bonds is 5. The number of phenolic OH excluding ortho intramolecular Hbond substituents is 1. The lowest BCUT2D eigenvalue weighted by Gasteiger charge is -2.37. The molecule has 9 nitrogen and oxygen atoms in total. The minimum Gasteiger partial charge on any atom is -0.508 e. The summed E-state index contributed by atoms with van der Waals surface area (Å²) in [6.07, 6.45) is 0.0630. The average molecular weight is 506 g/mol. The second-order valence-corrected chi connectivity index (χ2v) is 14.5. The van der Waals surface area contributed by atoms with Crippen molar-refractivity contribution >= 4 is 30.9 Å². The molecule has 3 aromatic rings. The Morgan fingerprint density at radius 3 is 2.81 bits per heavy atom. The number of pyridine rings is 2. The molecule has 0 amide bonds. The first-order chi connectivity index (χ1) is 17.0. The first-order valence-electron chi connectivity index (χ1n) is 11.7. The van der Waals surface area contributed by atoms with Gasteiger partial charge in [0.1, 0.15) is 20.4 Å². The van der Waals surface area contributed by atoms with Crippen LogP contribution in [-0.2, 0) is 37.8 Å². The van der Waals surface area contributed by atoms with Gasteiger partial charge in [-0.1, -0.05) is 25.7 Å². The highest BCUT2D eigenvalue weighted by atomic mass is 28.3. The molecule has 2 aliphatic heterocycles. The fraction of sp³-hybridized carbons (Fsp3) is 0.308. The number of nitrogens with zero attached hydrogens (tertiary/aromatic N) is 2. The molecule has 2 atom stereocenters. The Balaban J connectivity index is 1.67. The van der Waals surface area contributed by atoms with E-state index in [0.717, 1.165) is 10.9 Å². The Morgan fingerprint density at radius 1 is 1.36 bits per heavy atom. The van der Waals surface area contributed by atoms with Crippen molar-refractivity contribution in [1.82, 2.24) is 9.55 Å². The number of aromatic nitrogens is 2. The van der Waals surface area contributed by atoms with Crippen LogP contribution in [0.15, 0.2) is 47.4 Å². The Morgan fingerprint density at radius 2 is 2.11 bits per heavy atom. The van der Waals surface area contributed by atoms with Crippen LogP contribution in [0, 0.1) is 0 Å². The Kier molecular flexibility index (Phi) is 5.42. The lowest BCUT2D eigenvalue weighted by atomic mass is 9.85. The van der Waals surface area contributed by atoms with E-state index in [1.54, 1.807) is 41.5 Å². The van der Waals surface area contributed by atoms with Gasteiger partial charge in [0.05, 0.1) is 34.7 Å². The standard InChI is InChI=1S/C26H27N3O6Si/c1-5-26(35-24(32)22(27)36(3,4)6-2)18-11-20-21-15(9-14-10-16(30)7-8-19(14)28-21)12-29(20)23(31)17(18)13-34-25(26)33/h6-11,22,30H,2,5,12-13,27H2,1,3-4H3. The number of fused-ring (bicyclic) bond motifs is 5. The van der Waals surface area contributed by atoms with Gasteiger partial charge >= 0.3 is 11.9 Å². The smallest absolute Gasteiger partial charge is 0.355 e. The van der Waals surface area contributed by atoms with Crippen molar-refractivity contribution < 1.29 is 24.2 Å². The molecule has 1 aromatic carbocycles. The van der Waals surface area contributed by atoms with Gasteiger partial charge in [-0.25, -0.2) is 9.78 Å². The van der Waals surface area contributed by atoms with E-state index in [9.17, 15) is 19.5 Å². The number of nitrogens with two attached hydrogens (primary N) is 1. The molecule has 2 unspecified atom stereocenters. The second kappa shape index (κ2) is 8.14. The zero-order chi connectivity index (χ0) is 26.0. The third-order valence-electron chi connectivity index (χ3n) is 7.32. The molecule has 3 N–H and O–H groups in total. The van der Waals surface area contributed by atoms with E-state index in [4.69, 9.17) is 20.2 Å². The third-order valence-corrected chi connectivity index (χ3v) is 10.2. The van der Waals surface area contributed by atoms with Crippen LogP contribution in [0.1, 0.15) is 30.0 Å². The van der Waals surface area contributed by atoms with Crippen molar-refractivity contribution in [2.75, 3.05) is 0 Å². The van der Waals surface area contributed by atoms with Crippen LogP contribution in [-0.4, -0.2) is 40.3 Å². The highest BCUT2D eigenvalue weighted by Gasteiger charge is 2.51. The van der Waals surface area contributed by atoms with Gasteiger partial charge < -0.3 is 24.9 Å². The van der Waals surface area contributed by atoms with Crippen LogP contribution in [0.3, 0.4) is 0 Å². The molecule has 5 rings (SSSR count). The molecule has 0 bridgehead atoms. The number of esters is 2. The fourth-order valence-corrected chi connectivity index (χ4v) is 5.72. The lowest BCUT2D eigenvalue weighted by molar-refractivity contribution is -0.189. The van der Waals surface area contributed by atoms with Crippen molar-refractivity contribution in [3.05, 3.63) is 69.7 Å². The van der Waals surface area contributed by atoms with E-state index in [0.29, 0.717) is 22.5 Å². The van der Waals surface area contributed by atoms with Gasteiger partial charge in [-0.15, -0.1) is 6.58 Å². The maximum atomic E-state index is 13.6. The topological polar surface area (TPSA) is 134 Å². The molecule has 10 heteroatoms. The van der Waals surface area contributed by atoms with E-state index in [1.807, 2.05) is 19.2 Å². The number of ether oxygens (including phenoxy) is 2. The van der Waals surface area contributed by atoms with E-state index < -0.39 is 31.3 Å². The molecule has 0 saturated carbocycles. The summed E-state index contributed by atoms with van der Waals surface area (Å²) in [7, 11) is -2.37. The number of cyclic esters (lactones) is 1. The Labute approximate surface area is 208 Å². The molecule has 4 heterocycles. The normalized spacial score (nSPS) is 19.2. The number of hydrogen-bond acceptors (Lipinski definition) is 8. The van der Waals surface area contributed by atoms with Crippen molar-refractivity contribution in [3.63, 3.8) is 0 Å². The fourth-order valence-electron chi connectivity index (χ4n) is 4.80. The number of carbonyl (C=O) groups excluding carboxylic acids is 2. The molecular weight excluding hydrogens is 478 g/mol. The SMILES string of the molecule is C=C[Si](C)(C)C(N)C(=O)OC1(CC)C(=O)OCc2c1cc1n(c2=O)Cc2cc3cc(O)ccc3nc2-1. The Bertz CT molecular complexity index is 1530.